The van der Waals surface area contributed by atoms with E-state index in [0.29, 0.717) is 0 Å². The number of benzene rings is 1. The molecule has 1 aromatic carbocycles. The first kappa shape index (κ1) is 6.57. The van der Waals surface area contributed by atoms with Crippen molar-refractivity contribution in [2.75, 3.05) is 11.6 Å². The molecule has 1 unspecified atom stereocenters. The Morgan fingerprint density at radius 2 is 1.89 bits per heavy atom. The first-order valence-electron chi connectivity index (χ1n) is 2.92. The summed E-state index contributed by atoms with van der Waals surface area (Å²) >= 11 is 0. The monoisotopic (exact) mass is 139 g/mol. The molecular weight excluding hydrogens is 129 g/mol. The maximum Gasteiger partial charge on any atom is 0.0342 e. The van der Waals surface area contributed by atoms with Gasteiger partial charge in [-0.1, -0.05) is 18.2 Å². The Kier molecular flexibility index (Phi) is 2.53. The highest BCUT2D eigenvalue weighted by atomic mass is 31.0. The van der Waals surface area contributed by atoms with Crippen LogP contribution in [0.2, 0.25) is 0 Å². The van der Waals surface area contributed by atoms with Crippen molar-refractivity contribution < 1.29 is 0 Å². The van der Waals surface area contributed by atoms with E-state index in [1.807, 2.05) is 30.3 Å². The Bertz CT molecular complexity index is 162. The van der Waals surface area contributed by atoms with Crippen molar-refractivity contribution in [3.05, 3.63) is 30.3 Å². The fourth-order valence-corrected chi connectivity index (χ4v) is 0.910. The summed E-state index contributed by atoms with van der Waals surface area (Å²) in [6.45, 7) is 0. The van der Waals surface area contributed by atoms with Crippen LogP contribution in [0, 0.1) is 0 Å². The highest BCUT2D eigenvalue weighted by Crippen LogP contribution is 2.04. The molecule has 2 heteroatoms. The van der Waals surface area contributed by atoms with Crippen molar-refractivity contribution in [3.8, 4) is 0 Å². The predicted octanol–water partition coefficient (Wildman–Crippen LogP) is 1.93. The molecule has 1 rings (SSSR count). The molecule has 9 heavy (non-hydrogen) atoms. The topological polar surface area (TPSA) is 12.0 Å². The zero-order valence-corrected chi connectivity index (χ0v) is 6.33. The second-order valence-corrected chi connectivity index (χ2v) is 2.16. The number of hydrogen-bond donors (Lipinski definition) is 1. The Hall–Kier alpha value is -0.550. The molecule has 0 saturated carbocycles. The molecule has 0 amide bonds. The summed E-state index contributed by atoms with van der Waals surface area (Å²) in [6.07, 6.45) is 0.907. The molecule has 1 aromatic rings. The Morgan fingerprint density at radius 3 is 2.44 bits per heavy atom. The van der Waals surface area contributed by atoms with Crippen LogP contribution in [0.5, 0.6) is 0 Å². The summed E-state index contributed by atoms with van der Waals surface area (Å²) in [5, 5.41) is 3.17. The predicted molar refractivity (Wildman–Crippen MR) is 44.6 cm³/mol. The van der Waals surface area contributed by atoms with Crippen LogP contribution in [0.25, 0.3) is 0 Å². The first-order valence-corrected chi connectivity index (χ1v) is 3.74. The third-order valence-electron chi connectivity index (χ3n) is 1.08. The van der Waals surface area contributed by atoms with Gasteiger partial charge in [0.25, 0.3) is 0 Å². The zero-order valence-electron chi connectivity index (χ0n) is 5.17. The fourth-order valence-electron chi connectivity index (χ4n) is 0.674. The lowest BCUT2D eigenvalue weighted by Gasteiger charge is -1.99. The smallest absolute Gasteiger partial charge is 0.0342 e. The lowest BCUT2D eigenvalue weighted by atomic mass is 10.3. The lowest BCUT2D eigenvalue weighted by Crippen LogP contribution is -1.91. The van der Waals surface area contributed by atoms with Crippen LogP contribution in [0.4, 0.5) is 5.69 Å². The average molecular weight is 139 g/mol. The third kappa shape index (κ3) is 2.03. The van der Waals surface area contributed by atoms with Crippen molar-refractivity contribution in [2.45, 2.75) is 0 Å². The summed E-state index contributed by atoms with van der Waals surface area (Å²) < 4.78 is 0. The Morgan fingerprint density at radius 1 is 1.22 bits per heavy atom. The van der Waals surface area contributed by atoms with E-state index in [0.717, 1.165) is 6.29 Å². The van der Waals surface area contributed by atoms with E-state index in [2.05, 4.69) is 14.6 Å². The van der Waals surface area contributed by atoms with Gasteiger partial charge in [0.1, 0.15) is 0 Å². The van der Waals surface area contributed by atoms with Crippen LogP contribution < -0.4 is 5.32 Å². The molecule has 0 aliphatic rings. The van der Waals surface area contributed by atoms with Crippen molar-refractivity contribution >= 4 is 14.9 Å². The lowest BCUT2D eigenvalue weighted by molar-refractivity contribution is 1.47. The molecule has 1 N–H and O–H groups in total. The van der Waals surface area contributed by atoms with Crippen LogP contribution in [0.1, 0.15) is 0 Å². The van der Waals surface area contributed by atoms with Gasteiger partial charge in [0.05, 0.1) is 0 Å². The van der Waals surface area contributed by atoms with Gasteiger partial charge in [0, 0.05) is 12.0 Å². The van der Waals surface area contributed by atoms with Crippen molar-refractivity contribution in [2.24, 2.45) is 0 Å². The second kappa shape index (κ2) is 3.47. The molecule has 0 aliphatic carbocycles. The van der Waals surface area contributed by atoms with Crippen LogP contribution >= 0.6 is 9.24 Å². The van der Waals surface area contributed by atoms with Crippen LogP contribution in [0.15, 0.2) is 30.3 Å². The quantitative estimate of drug-likeness (QED) is 0.617. The average Bonchev–Trinajstić information content (AvgIpc) is 1.91. The standard InChI is InChI=1S/C7H10NP/c9-6-8-7-4-2-1-3-5-7/h1-5,8H,6,9H2. The maximum absolute atomic E-state index is 3.17. The number of rotatable bonds is 2. The van der Waals surface area contributed by atoms with Gasteiger partial charge in [-0.05, 0) is 12.1 Å². The number of hydrogen-bond acceptors (Lipinski definition) is 1. The summed E-state index contributed by atoms with van der Waals surface area (Å²) in [7, 11) is 2.62. The van der Waals surface area contributed by atoms with E-state index < -0.39 is 0 Å². The van der Waals surface area contributed by atoms with E-state index in [1.165, 1.54) is 5.69 Å². The zero-order chi connectivity index (χ0) is 6.53. The molecule has 48 valence electrons. The summed E-state index contributed by atoms with van der Waals surface area (Å²) in [5.74, 6) is 0. The highest BCUT2D eigenvalue weighted by molar-refractivity contribution is 7.16. The van der Waals surface area contributed by atoms with Gasteiger partial charge >= 0.3 is 0 Å². The van der Waals surface area contributed by atoms with Crippen molar-refractivity contribution in [3.63, 3.8) is 0 Å². The van der Waals surface area contributed by atoms with Gasteiger partial charge < -0.3 is 5.32 Å². The van der Waals surface area contributed by atoms with E-state index in [1.54, 1.807) is 0 Å². The van der Waals surface area contributed by atoms with Gasteiger partial charge in [-0.2, -0.15) is 0 Å². The molecular formula is C7H10NP. The van der Waals surface area contributed by atoms with Gasteiger partial charge in [-0.3, -0.25) is 0 Å². The minimum Gasteiger partial charge on any atom is -0.382 e. The van der Waals surface area contributed by atoms with E-state index in [4.69, 9.17) is 0 Å². The van der Waals surface area contributed by atoms with E-state index in [-0.39, 0.29) is 0 Å². The van der Waals surface area contributed by atoms with Gasteiger partial charge in [0.2, 0.25) is 0 Å². The minimum atomic E-state index is 0.907. The summed E-state index contributed by atoms with van der Waals surface area (Å²) in [5.41, 5.74) is 1.17. The van der Waals surface area contributed by atoms with E-state index in [9.17, 15) is 0 Å². The molecule has 0 aliphatic heterocycles. The van der Waals surface area contributed by atoms with Crippen LogP contribution in [-0.2, 0) is 0 Å². The Balaban J connectivity index is 2.61. The summed E-state index contributed by atoms with van der Waals surface area (Å²) in [6, 6.07) is 10.1. The summed E-state index contributed by atoms with van der Waals surface area (Å²) in [4.78, 5) is 0. The van der Waals surface area contributed by atoms with Crippen LogP contribution in [0.3, 0.4) is 0 Å². The molecule has 0 heterocycles. The molecule has 0 fully saturated rings. The number of nitrogens with one attached hydrogen (secondary N) is 1. The van der Waals surface area contributed by atoms with Gasteiger partial charge in [-0.15, -0.1) is 9.24 Å². The largest absolute Gasteiger partial charge is 0.382 e. The normalized spacial score (nSPS) is 9.00. The number of anilines is 1. The fraction of sp³-hybridized carbons (Fsp3) is 0.143. The molecule has 0 saturated heterocycles. The molecule has 1 atom stereocenters. The minimum absolute atomic E-state index is 0.907. The molecule has 0 bridgehead atoms. The first-order chi connectivity index (χ1) is 4.43. The van der Waals surface area contributed by atoms with Crippen LogP contribution in [-0.4, -0.2) is 6.29 Å². The molecule has 0 radical (unpaired) electrons. The second-order valence-electron chi connectivity index (χ2n) is 1.75. The molecule has 0 aromatic heterocycles. The molecule has 1 nitrogen and oxygen atoms in total. The van der Waals surface area contributed by atoms with Crippen molar-refractivity contribution in [1.82, 2.24) is 0 Å². The molecule has 0 spiro atoms. The SMILES string of the molecule is PCNc1ccccc1. The van der Waals surface area contributed by atoms with Crippen molar-refractivity contribution in [1.29, 1.82) is 0 Å². The third-order valence-corrected chi connectivity index (χ3v) is 1.28. The highest BCUT2D eigenvalue weighted by Gasteiger charge is 1.81. The number of para-hydroxylation sites is 1. The van der Waals surface area contributed by atoms with Gasteiger partial charge in [-0.25, -0.2) is 0 Å². The maximum atomic E-state index is 3.17. The van der Waals surface area contributed by atoms with E-state index >= 15 is 0 Å². The Labute approximate surface area is 57.7 Å². The van der Waals surface area contributed by atoms with Gasteiger partial charge in [0.15, 0.2) is 0 Å².